The van der Waals surface area contributed by atoms with Crippen LogP contribution in [0.25, 0.3) is 0 Å². The van der Waals surface area contributed by atoms with E-state index in [9.17, 15) is 0 Å². The number of alkyl halides is 1. The van der Waals surface area contributed by atoms with Gasteiger partial charge in [0.1, 0.15) is 0 Å². The molecule has 1 saturated carbocycles. The van der Waals surface area contributed by atoms with Crippen molar-refractivity contribution in [2.24, 2.45) is 5.41 Å². The van der Waals surface area contributed by atoms with Crippen LogP contribution in [0.15, 0.2) is 0 Å². The fourth-order valence-corrected chi connectivity index (χ4v) is 4.34. The van der Waals surface area contributed by atoms with E-state index in [0.29, 0.717) is 5.41 Å². The highest BCUT2D eigenvalue weighted by molar-refractivity contribution is 9.09. The van der Waals surface area contributed by atoms with Crippen LogP contribution in [0, 0.1) is 5.41 Å². The molecule has 0 aromatic carbocycles. The minimum absolute atomic E-state index is 0.588. The molecule has 0 radical (unpaired) electrons. The minimum Gasteiger partial charge on any atom is -0.301 e. The summed E-state index contributed by atoms with van der Waals surface area (Å²) in [5.74, 6) is 0. The molecule has 2 aliphatic rings. The van der Waals surface area contributed by atoms with E-state index in [1.807, 2.05) is 0 Å². The molecule has 0 aromatic rings. The molecule has 106 valence electrons. The molecule has 0 amide bonds. The number of hydrogen-bond donors (Lipinski definition) is 0. The maximum atomic E-state index is 3.79. The number of rotatable bonds is 5. The lowest BCUT2D eigenvalue weighted by Gasteiger charge is -2.43. The summed E-state index contributed by atoms with van der Waals surface area (Å²) in [6, 6.07) is 0. The van der Waals surface area contributed by atoms with Gasteiger partial charge in [0.2, 0.25) is 0 Å². The predicted molar refractivity (Wildman–Crippen MR) is 82.5 cm³/mol. The Bertz CT molecular complexity index is 231. The third kappa shape index (κ3) is 3.94. The Kier molecular flexibility index (Phi) is 5.96. The molecule has 2 fully saturated rings. The second-order valence-electron chi connectivity index (χ2n) is 6.31. The lowest BCUT2D eigenvalue weighted by molar-refractivity contribution is 0.0755. The Balaban J connectivity index is 1.79. The van der Waals surface area contributed by atoms with Gasteiger partial charge in [-0.25, -0.2) is 0 Å². The summed E-state index contributed by atoms with van der Waals surface area (Å²) in [6.07, 6.45) is 8.52. The van der Waals surface area contributed by atoms with Gasteiger partial charge in [-0.1, -0.05) is 42.1 Å². The molecule has 0 spiro atoms. The molecular formula is C15H29BrN2. The third-order valence-electron chi connectivity index (χ3n) is 4.76. The fourth-order valence-electron chi connectivity index (χ4n) is 3.60. The van der Waals surface area contributed by atoms with Crippen molar-refractivity contribution in [3.05, 3.63) is 0 Å². The van der Waals surface area contributed by atoms with Crippen molar-refractivity contribution in [1.29, 1.82) is 0 Å². The second kappa shape index (κ2) is 7.25. The molecule has 1 aliphatic carbocycles. The summed E-state index contributed by atoms with van der Waals surface area (Å²) in [4.78, 5) is 5.34. The Morgan fingerprint density at radius 1 is 0.944 bits per heavy atom. The van der Waals surface area contributed by atoms with Crippen molar-refractivity contribution in [1.82, 2.24) is 9.80 Å². The largest absolute Gasteiger partial charge is 0.301 e. The van der Waals surface area contributed by atoms with E-state index in [2.05, 4.69) is 32.7 Å². The average Bonchev–Trinajstić information content (AvgIpc) is 2.42. The van der Waals surface area contributed by atoms with Crippen LogP contribution in [0.4, 0.5) is 0 Å². The van der Waals surface area contributed by atoms with E-state index in [1.165, 1.54) is 83.1 Å². The van der Waals surface area contributed by atoms with Crippen LogP contribution in [0.5, 0.6) is 0 Å². The molecular weight excluding hydrogens is 288 g/mol. The van der Waals surface area contributed by atoms with Crippen molar-refractivity contribution in [3.8, 4) is 0 Å². The molecule has 3 heteroatoms. The Labute approximate surface area is 121 Å². The topological polar surface area (TPSA) is 6.48 Å². The minimum atomic E-state index is 0.588. The molecule has 18 heavy (non-hydrogen) atoms. The average molecular weight is 317 g/mol. The van der Waals surface area contributed by atoms with Gasteiger partial charge in [0, 0.05) is 38.1 Å². The van der Waals surface area contributed by atoms with Crippen molar-refractivity contribution in [3.63, 3.8) is 0 Å². The van der Waals surface area contributed by atoms with Crippen LogP contribution in [0.1, 0.15) is 45.4 Å². The highest BCUT2D eigenvalue weighted by Gasteiger charge is 2.33. The first-order valence-electron chi connectivity index (χ1n) is 7.79. The maximum absolute atomic E-state index is 3.79. The predicted octanol–water partition coefficient (Wildman–Crippen LogP) is 3.36. The normalized spacial score (nSPS) is 26.3. The van der Waals surface area contributed by atoms with Crippen LogP contribution in [-0.2, 0) is 0 Å². The third-order valence-corrected chi connectivity index (χ3v) is 5.95. The smallest absolute Gasteiger partial charge is 0.0110 e. The van der Waals surface area contributed by atoms with E-state index in [0.717, 1.165) is 0 Å². The first-order valence-corrected chi connectivity index (χ1v) is 8.91. The van der Waals surface area contributed by atoms with Gasteiger partial charge in [-0.3, -0.25) is 0 Å². The van der Waals surface area contributed by atoms with Crippen molar-refractivity contribution in [2.75, 3.05) is 44.6 Å². The van der Waals surface area contributed by atoms with Gasteiger partial charge >= 0.3 is 0 Å². The standard InChI is InChI=1S/C15H29BrN2/c1-2-8-17-9-11-18(12-10-17)14-15(13-16)6-4-3-5-7-15/h2-14H2,1H3. The molecule has 2 nitrogen and oxygen atoms in total. The van der Waals surface area contributed by atoms with Crippen LogP contribution in [0.3, 0.4) is 0 Å². The monoisotopic (exact) mass is 316 g/mol. The van der Waals surface area contributed by atoms with Gasteiger partial charge in [0.15, 0.2) is 0 Å². The first-order chi connectivity index (χ1) is 8.78. The molecule has 0 atom stereocenters. The zero-order valence-electron chi connectivity index (χ0n) is 12.0. The molecule has 0 bridgehead atoms. The van der Waals surface area contributed by atoms with E-state index in [4.69, 9.17) is 0 Å². The molecule has 0 aromatic heterocycles. The van der Waals surface area contributed by atoms with Gasteiger partial charge < -0.3 is 9.80 Å². The Morgan fingerprint density at radius 2 is 1.56 bits per heavy atom. The zero-order chi connectivity index (χ0) is 12.8. The summed E-state index contributed by atoms with van der Waals surface area (Å²) in [6.45, 7) is 10.0. The van der Waals surface area contributed by atoms with Crippen molar-refractivity contribution >= 4 is 15.9 Å². The number of piperazine rings is 1. The first kappa shape index (κ1) is 14.8. The van der Waals surface area contributed by atoms with Crippen LogP contribution < -0.4 is 0 Å². The second-order valence-corrected chi connectivity index (χ2v) is 6.87. The van der Waals surface area contributed by atoms with Gasteiger partial charge in [-0.2, -0.15) is 0 Å². The zero-order valence-corrected chi connectivity index (χ0v) is 13.6. The quantitative estimate of drug-likeness (QED) is 0.718. The molecule has 0 N–H and O–H groups in total. The molecule has 1 heterocycles. The highest BCUT2D eigenvalue weighted by atomic mass is 79.9. The lowest BCUT2D eigenvalue weighted by Crippen LogP contribution is -2.50. The van der Waals surface area contributed by atoms with Crippen LogP contribution >= 0.6 is 15.9 Å². The van der Waals surface area contributed by atoms with Gasteiger partial charge in [0.25, 0.3) is 0 Å². The van der Waals surface area contributed by atoms with E-state index in [-0.39, 0.29) is 0 Å². The van der Waals surface area contributed by atoms with Crippen LogP contribution in [0.2, 0.25) is 0 Å². The highest BCUT2D eigenvalue weighted by Crippen LogP contribution is 2.38. The lowest BCUT2D eigenvalue weighted by atomic mass is 9.75. The molecule has 2 rings (SSSR count). The van der Waals surface area contributed by atoms with Gasteiger partial charge in [-0.15, -0.1) is 0 Å². The van der Waals surface area contributed by atoms with E-state index >= 15 is 0 Å². The molecule has 1 saturated heterocycles. The van der Waals surface area contributed by atoms with Crippen molar-refractivity contribution in [2.45, 2.75) is 45.4 Å². The SMILES string of the molecule is CCCN1CCN(CC2(CBr)CCCCC2)CC1. The van der Waals surface area contributed by atoms with Crippen molar-refractivity contribution < 1.29 is 0 Å². The maximum Gasteiger partial charge on any atom is 0.0110 e. The summed E-state index contributed by atoms with van der Waals surface area (Å²) in [5, 5.41) is 1.20. The summed E-state index contributed by atoms with van der Waals surface area (Å²) in [7, 11) is 0. The number of halogens is 1. The summed E-state index contributed by atoms with van der Waals surface area (Å²) < 4.78 is 0. The van der Waals surface area contributed by atoms with E-state index < -0.39 is 0 Å². The number of nitrogens with zero attached hydrogens (tertiary/aromatic N) is 2. The fraction of sp³-hybridized carbons (Fsp3) is 1.00. The van der Waals surface area contributed by atoms with Gasteiger partial charge in [0.05, 0.1) is 0 Å². The molecule has 1 aliphatic heterocycles. The van der Waals surface area contributed by atoms with Crippen LogP contribution in [-0.4, -0.2) is 54.4 Å². The summed E-state index contributed by atoms with van der Waals surface area (Å²) in [5.41, 5.74) is 0.588. The van der Waals surface area contributed by atoms with Gasteiger partial charge in [-0.05, 0) is 31.2 Å². The van der Waals surface area contributed by atoms with E-state index in [1.54, 1.807) is 0 Å². The summed E-state index contributed by atoms with van der Waals surface area (Å²) >= 11 is 3.79. The Hall–Kier alpha value is 0.400. The number of hydrogen-bond acceptors (Lipinski definition) is 2. The Morgan fingerprint density at radius 3 is 2.11 bits per heavy atom. The molecule has 0 unspecified atom stereocenters.